The van der Waals surface area contributed by atoms with Gasteiger partial charge in [-0.25, -0.2) is 9.67 Å². The molecule has 19 heavy (non-hydrogen) atoms. The third-order valence-corrected chi connectivity index (χ3v) is 4.24. The van der Waals surface area contributed by atoms with E-state index in [1.165, 1.54) is 12.8 Å². The van der Waals surface area contributed by atoms with E-state index in [4.69, 9.17) is 11.6 Å². The van der Waals surface area contributed by atoms with Crippen molar-refractivity contribution in [3.63, 3.8) is 0 Å². The molecular weight excluding hydrogens is 264 g/mol. The number of nitrogens with zero attached hydrogens (tertiary/aromatic N) is 4. The lowest BCUT2D eigenvalue weighted by Gasteiger charge is -2.30. The summed E-state index contributed by atoms with van der Waals surface area (Å²) in [4.78, 5) is 8.20. The van der Waals surface area contributed by atoms with Crippen LogP contribution in [0.2, 0.25) is 5.28 Å². The van der Waals surface area contributed by atoms with Crippen molar-refractivity contribution in [3.05, 3.63) is 17.7 Å². The molecule has 2 heterocycles. The summed E-state index contributed by atoms with van der Waals surface area (Å²) in [5.74, 6) is 0.848. The van der Waals surface area contributed by atoms with Gasteiger partial charge < -0.3 is 5.11 Å². The van der Waals surface area contributed by atoms with E-state index in [0.717, 1.165) is 30.4 Å². The van der Waals surface area contributed by atoms with E-state index in [9.17, 15) is 5.11 Å². The molecule has 0 saturated heterocycles. The zero-order valence-corrected chi connectivity index (χ0v) is 11.4. The lowest BCUT2D eigenvalue weighted by Crippen LogP contribution is -2.27. The van der Waals surface area contributed by atoms with E-state index < -0.39 is 0 Å². The highest BCUT2D eigenvalue weighted by Crippen LogP contribution is 2.31. The fourth-order valence-corrected chi connectivity index (χ4v) is 3.10. The average molecular weight is 281 g/mol. The third-order valence-electron chi connectivity index (χ3n) is 4.06. The molecule has 1 aliphatic carbocycles. The Labute approximate surface area is 116 Å². The zero-order chi connectivity index (χ0) is 13.2. The Morgan fingerprint density at radius 2 is 2.05 bits per heavy atom. The van der Waals surface area contributed by atoms with Crippen molar-refractivity contribution in [2.75, 3.05) is 6.61 Å². The standard InChI is InChI=1S/C13H17ClN4O/c14-13-15-5-11-6-16-18(12(11)17-13)7-9-3-1-2-4-10(9)8-19/h5-6,9-10,19H,1-4,7-8H2. The summed E-state index contributed by atoms with van der Waals surface area (Å²) in [6, 6.07) is 0. The summed E-state index contributed by atoms with van der Waals surface area (Å²) in [7, 11) is 0. The Morgan fingerprint density at radius 3 is 2.84 bits per heavy atom. The second-order valence-corrected chi connectivity index (χ2v) is 5.57. The number of rotatable bonds is 3. The topological polar surface area (TPSA) is 63.8 Å². The van der Waals surface area contributed by atoms with Crippen molar-refractivity contribution in [3.8, 4) is 0 Å². The molecular formula is C13H17ClN4O. The molecule has 0 aromatic carbocycles. The third kappa shape index (κ3) is 2.58. The molecule has 3 rings (SSSR count). The van der Waals surface area contributed by atoms with Gasteiger partial charge in [0.15, 0.2) is 5.65 Å². The van der Waals surface area contributed by atoms with Crippen LogP contribution >= 0.6 is 11.6 Å². The predicted octanol–water partition coefficient (Wildman–Crippen LogP) is 2.28. The number of aliphatic hydroxyl groups is 1. The maximum Gasteiger partial charge on any atom is 0.224 e. The van der Waals surface area contributed by atoms with E-state index in [1.807, 2.05) is 4.68 Å². The van der Waals surface area contributed by atoms with Crippen LogP contribution in [0, 0.1) is 11.8 Å². The van der Waals surface area contributed by atoms with Crippen LogP contribution in [-0.2, 0) is 6.54 Å². The Hall–Kier alpha value is -1.20. The summed E-state index contributed by atoms with van der Waals surface area (Å²) in [6.45, 7) is 1.06. The fraction of sp³-hybridized carbons (Fsp3) is 0.615. The van der Waals surface area contributed by atoms with Crippen molar-refractivity contribution in [1.82, 2.24) is 19.7 Å². The second kappa shape index (κ2) is 5.43. The van der Waals surface area contributed by atoms with E-state index in [-0.39, 0.29) is 11.9 Å². The molecule has 0 radical (unpaired) electrons. The largest absolute Gasteiger partial charge is 0.396 e. The van der Waals surface area contributed by atoms with Crippen LogP contribution in [0.15, 0.2) is 12.4 Å². The predicted molar refractivity (Wildman–Crippen MR) is 72.9 cm³/mol. The number of aliphatic hydroxyl groups excluding tert-OH is 1. The van der Waals surface area contributed by atoms with Gasteiger partial charge in [-0.15, -0.1) is 0 Å². The highest BCUT2D eigenvalue weighted by Gasteiger charge is 2.25. The first-order chi connectivity index (χ1) is 9.28. The first-order valence-electron chi connectivity index (χ1n) is 6.73. The van der Waals surface area contributed by atoms with Gasteiger partial charge in [0.05, 0.1) is 11.6 Å². The molecule has 2 atom stereocenters. The molecule has 0 bridgehead atoms. The Kier molecular flexibility index (Phi) is 3.66. The molecule has 5 nitrogen and oxygen atoms in total. The van der Waals surface area contributed by atoms with Crippen LogP contribution in [0.5, 0.6) is 0 Å². The van der Waals surface area contributed by atoms with Gasteiger partial charge in [-0.3, -0.25) is 0 Å². The fourth-order valence-electron chi connectivity index (χ4n) is 2.97. The molecule has 1 saturated carbocycles. The Morgan fingerprint density at radius 1 is 1.26 bits per heavy atom. The summed E-state index contributed by atoms with van der Waals surface area (Å²) in [6.07, 6.45) is 8.16. The average Bonchev–Trinajstić information content (AvgIpc) is 2.82. The maximum absolute atomic E-state index is 9.47. The van der Waals surface area contributed by atoms with Crippen LogP contribution in [-0.4, -0.2) is 31.5 Å². The van der Waals surface area contributed by atoms with Gasteiger partial charge in [-0.2, -0.15) is 10.1 Å². The SMILES string of the molecule is OCC1CCCCC1Cn1ncc2cnc(Cl)nc21. The highest BCUT2D eigenvalue weighted by atomic mass is 35.5. The summed E-state index contributed by atoms with van der Waals surface area (Å²) in [5.41, 5.74) is 0.780. The van der Waals surface area contributed by atoms with Gasteiger partial charge in [0.1, 0.15) is 0 Å². The minimum absolute atomic E-state index is 0.247. The Bertz CT molecular complexity index is 571. The molecule has 0 aliphatic heterocycles. The number of fused-ring (bicyclic) bond motifs is 1. The van der Waals surface area contributed by atoms with E-state index in [0.29, 0.717) is 11.8 Å². The molecule has 2 unspecified atom stereocenters. The van der Waals surface area contributed by atoms with Gasteiger partial charge in [-0.05, 0) is 36.3 Å². The monoisotopic (exact) mass is 280 g/mol. The van der Waals surface area contributed by atoms with Crippen LogP contribution in [0.3, 0.4) is 0 Å². The molecule has 2 aromatic heterocycles. The normalized spacial score (nSPS) is 23.9. The molecule has 2 aromatic rings. The minimum Gasteiger partial charge on any atom is -0.396 e. The minimum atomic E-state index is 0.247. The summed E-state index contributed by atoms with van der Waals surface area (Å²) < 4.78 is 1.89. The van der Waals surface area contributed by atoms with Gasteiger partial charge in [0.2, 0.25) is 5.28 Å². The lowest BCUT2D eigenvalue weighted by molar-refractivity contribution is 0.121. The van der Waals surface area contributed by atoms with Gasteiger partial charge in [-0.1, -0.05) is 12.8 Å². The molecule has 1 aliphatic rings. The summed E-state index contributed by atoms with van der Waals surface area (Å²) in [5, 5.41) is 15.0. The van der Waals surface area contributed by atoms with E-state index in [2.05, 4.69) is 15.1 Å². The zero-order valence-electron chi connectivity index (χ0n) is 10.7. The highest BCUT2D eigenvalue weighted by molar-refractivity contribution is 6.28. The van der Waals surface area contributed by atoms with Gasteiger partial charge in [0.25, 0.3) is 0 Å². The molecule has 1 N–H and O–H groups in total. The van der Waals surface area contributed by atoms with Crippen molar-refractivity contribution in [2.24, 2.45) is 11.8 Å². The Balaban J connectivity index is 1.86. The van der Waals surface area contributed by atoms with Crippen LogP contribution in [0.25, 0.3) is 11.0 Å². The van der Waals surface area contributed by atoms with Crippen LogP contribution in [0.1, 0.15) is 25.7 Å². The number of hydrogen-bond acceptors (Lipinski definition) is 4. The quantitative estimate of drug-likeness (QED) is 0.876. The lowest BCUT2D eigenvalue weighted by atomic mass is 9.80. The number of hydrogen-bond donors (Lipinski definition) is 1. The van der Waals surface area contributed by atoms with Crippen molar-refractivity contribution in [1.29, 1.82) is 0 Å². The van der Waals surface area contributed by atoms with Gasteiger partial charge >= 0.3 is 0 Å². The van der Waals surface area contributed by atoms with Crippen LogP contribution < -0.4 is 0 Å². The van der Waals surface area contributed by atoms with E-state index in [1.54, 1.807) is 12.4 Å². The molecule has 6 heteroatoms. The van der Waals surface area contributed by atoms with Gasteiger partial charge in [0, 0.05) is 19.3 Å². The first-order valence-corrected chi connectivity index (χ1v) is 7.10. The summed E-state index contributed by atoms with van der Waals surface area (Å²) >= 11 is 5.84. The van der Waals surface area contributed by atoms with E-state index >= 15 is 0 Å². The molecule has 0 spiro atoms. The van der Waals surface area contributed by atoms with Crippen LogP contribution in [0.4, 0.5) is 0 Å². The molecule has 1 fully saturated rings. The number of aromatic nitrogens is 4. The number of halogens is 1. The maximum atomic E-state index is 9.47. The van der Waals surface area contributed by atoms with Crippen molar-refractivity contribution >= 4 is 22.6 Å². The second-order valence-electron chi connectivity index (χ2n) is 5.23. The smallest absolute Gasteiger partial charge is 0.224 e. The van der Waals surface area contributed by atoms with Crippen molar-refractivity contribution in [2.45, 2.75) is 32.2 Å². The molecule has 0 amide bonds. The molecule has 102 valence electrons. The first kappa shape index (κ1) is 12.8. The van der Waals surface area contributed by atoms with Crippen molar-refractivity contribution < 1.29 is 5.11 Å².